The molecule has 1 unspecified atom stereocenters. The Morgan fingerprint density at radius 3 is 2.56 bits per heavy atom. The van der Waals surface area contributed by atoms with Crippen LogP contribution >= 0.6 is 0 Å². The van der Waals surface area contributed by atoms with Gasteiger partial charge in [-0.1, -0.05) is 49.7 Å². The molecule has 0 saturated carbocycles. The number of amides is 3. The third kappa shape index (κ3) is 2.97. The van der Waals surface area contributed by atoms with Crippen LogP contribution in [0.1, 0.15) is 37.3 Å². The van der Waals surface area contributed by atoms with Gasteiger partial charge in [0.1, 0.15) is 17.6 Å². The Morgan fingerprint density at radius 2 is 1.85 bits per heavy atom. The highest BCUT2D eigenvalue weighted by molar-refractivity contribution is 6.07. The molecule has 1 atom stereocenters. The van der Waals surface area contributed by atoms with E-state index in [1.54, 1.807) is 13.0 Å². The highest BCUT2D eigenvalue weighted by Crippen LogP contribution is 2.30. The van der Waals surface area contributed by atoms with Gasteiger partial charge < -0.3 is 9.73 Å². The molecule has 2 aromatic carbocycles. The van der Waals surface area contributed by atoms with Crippen LogP contribution in [0.15, 0.2) is 52.9 Å². The summed E-state index contributed by atoms with van der Waals surface area (Å²) in [5.41, 5.74) is 2.22. The predicted molar refractivity (Wildman–Crippen MR) is 101 cm³/mol. The fourth-order valence-electron chi connectivity index (χ4n) is 3.45. The third-order valence-corrected chi connectivity index (χ3v) is 4.98. The van der Waals surface area contributed by atoms with Crippen molar-refractivity contribution in [1.29, 1.82) is 0 Å². The van der Waals surface area contributed by atoms with Gasteiger partial charge in [0, 0.05) is 0 Å². The molecule has 6 heteroatoms. The number of fused-ring (bicyclic) bond motifs is 1. The molecule has 1 saturated heterocycles. The summed E-state index contributed by atoms with van der Waals surface area (Å²) in [6.07, 6.45) is 2.05. The molecule has 27 heavy (non-hydrogen) atoms. The molecule has 1 aliphatic heterocycles. The molecule has 0 radical (unpaired) electrons. The molecule has 4 rings (SSSR count). The Kier molecular flexibility index (Phi) is 4.18. The van der Waals surface area contributed by atoms with Crippen molar-refractivity contribution >= 4 is 23.0 Å². The minimum Gasteiger partial charge on any atom is -0.439 e. The van der Waals surface area contributed by atoms with E-state index in [4.69, 9.17) is 4.42 Å². The Hall–Kier alpha value is -3.15. The fourth-order valence-corrected chi connectivity index (χ4v) is 3.45. The fraction of sp³-hybridized carbons (Fsp3) is 0.286. The number of urea groups is 1. The molecule has 1 N–H and O–H groups in total. The Bertz CT molecular complexity index is 976. The number of aromatic nitrogens is 1. The third-order valence-electron chi connectivity index (χ3n) is 4.98. The van der Waals surface area contributed by atoms with Gasteiger partial charge in [-0.15, -0.1) is 0 Å². The van der Waals surface area contributed by atoms with Crippen LogP contribution in [0.25, 0.3) is 11.1 Å². The van der Waals surface area contributed by atoms with Gasteiger partial charge in [-0.3, -0.25) is 9.69 Å². The first-order valence-electron chi connectivity index (χ1n) is 9.09. The summed E-state index contributed by atoms with van der Waals surface area (Å²) < 4.78 is 5.66. The minimum atomic E-state index is -1.09. The lowest BCUT2D eigenvalue weighted by molar-refractivity contribution is -0.131. The van der Waals surface area contributed by atoms with E-state index in [1.165, 1.54) is 5.56 Å². The van der Waals surface area contributed by atoms with Gasteiger partial charge >= 0.3 is 6.03 Å². The second-order valence-electron chi connectivity index (χ2n) is 6.97. The van der Waals surface area contributed by atoms with E-state index >= 15 is 0 Å². The number of nitrogens with zero attached hydrogens (tertiary/aromatic N) is 2. The molecule has 0 spiro atoms. The predicted octanol–water partition coefficient (Wildman–Crippen LogP) is 3.75. The number of imide groups is 1. The minimum absolute atomic E-state index is 0.00283. The zero-order valence-corrected chi connectivity index (χ0v) is 15.4. The van der Waals surface area contributed by atoms with Gasteiger partial charge in [0.25, 0.3) is 5.91 Å². The zero-order valence-electron chi connectivity index (χ0n) is 15.4. The van der Waals surface area contributed by atoms with E-state index in [0.717, 1.165) is 23.3 Å². The molecule has 1 aliphatic rings. The number of hydrogen-bond donors (Lipinski definition) is 1. The standard InChI is InChI=1S/C21H21N3O3/c1-3-6-14-9-11-15(12-10-14)21(2)19(25)24(20(26)23-21)13-18-22-16-7-4-5-8-17(16)27-18/h4-5,7-12H,3,6,13H2,1-2H3,(H,23,26). The lowest BCUT2D eigenvalue weighted by Crippen LogP contribution is -2.40. The number of rotatable bonds is 5. The van der Waals surface area contributed by atoms with Crippen LogP contribution in [0, 0.1) is 0 Å². The molecular formula is C21H21N3O3. The largest absolute Gasteiger partial charge is 0.439 e. The maximum atomic E-state index is 13.0. The molecule has 3 amide bonds. The first kappa shape index (κ1) is 17.3. The maximum Gasteiger partial charge on any atom is 0.325 e. The van der Waals surface area contributed by atoms with Gasteiger partial charge in [0.2, 0.25) is 5.89 Å². The molecule has 2 heterocycles. The number of hydrogen-bond acceptors (Lipinski definition) is 4. The van der Waals surface area contributed by atoms with Gasteiger partial charge in [-0.05, 0) is 36.6 Å². The average Bonchev–Trinajstić information content (AvgIpc) is 3.17. The number of para-hydroxylation sites is 2. The molecule has 0 bridgehead atoms. The quantitative estimate of drug-likeness (QED) is 0.701. The Morgan fingerprint density at radius 1 is 1.11 bits per heavy atom. The van der Waals surface area contributed by atoms with Gasteiger partial charge in [0.15, 0.2) is 5.58 Å². The summed E-state index contributed by atoms with van der Waals surface area (Å²) in [5.74, 6) is 0.0280. The molecule has 6 nitrogen and oxygen atoms in total. The summed E-state index contributed by atoms with van der Waals surface area (Å²) in [6.45, 7) is 3.86. The van der Waals surface area contributed by atoms with E-state index < -0.39 is 11.6 Å². The summed E-state index contributed by atoms with van der Waals surface area (Å²) in [6, 6.07) is 14.7. The van der Waals surface area contributed by atoms with Crippen LogP contribution in [-0.2, 0) is 23.3 Å². The summed E-state index contributed by atoms with van der Waals surface area (Å²) in [5, 5.41) is 2.82. The van der Waals surface area contributed by atoms with Crippen LogP contribution in [0.5, 0.6) is 0 Å². The Labute approximate surface area is 157 Å². The van der Waals surface area contributed by atoms with Crippen molar-refractivity contribution in [3.8, 4) is 0 Å². The molecule has 1 fully saturated rings. The van der Waals surface area contributed by atoms with Crippen molar-refractivity contribution < 1.29 is 14.0 Å². The maximum absolute atomic E-state index is 13.0. The van der Waals surface area contributed by atoms with Crippen LogP contribution in [-0.4, -0.2) is 21.8 Å². The second-order valence-corrected chi connectivity index (χ2v) is 6.97. The zero-order chi connectivity index (χ0) is 19.0. The number of oxazole rings is 1. The highest BCUT2D eigenvalue weighted by atomic mass is 16.3. The average molecular weight is 363 g/mol. The topological polar surface area (TPSA) is 75.4 Å². The number of aryl methyl sites for hydroxylation is 1. The molecular weight excluding hydrogens is 342 g/mol. The van der Waals surface area contributed by atoms with E-state index in [-0.39, 0.29) is 12.5 Å². The van der Waals surface area contributed by atoms with Gasteiger partial charge in [-0.25, -0.2) is 9.78 Å². The first-order valence-corrected chi connectivity index (χ1v) is 9.09. The first-order chi connectivity index (χ1) is 13.0. The van der Waals surface area contributed by atoms with Crippen molar-refractivity contribution in [2.24, 2.45) is 0 Å². The monoisotopic (exact) mass is 363 g/mol. The normalized spacial score (nSPS) is 19.7. The molecule has 3 aromatic rings. The Balaban J connectivity index is 1.58. The number of carbonyl (C=O) groups is 2. The number of benzene rings is 2. The lowest BCUT2D eigenvalue weighted by Gasteiger charge is -2.22. The van der Waals surface area contributed by atoms with E-state index in [9.17, 15) is 9.59 Å². The van der Waals surface area contributed by atoms with Gasteiger partial charge in [0.05, 0.1) is 0 Å². The lowest BCUT2D eigenvalue weighted by atomic mass is 9.91. The molecule has 1 aromatic heterocycles. The SMILES string of the molecule is CCCc1ccc(C2(C)NC(=O)N(Cc3nc4ccccc4o3)C2=O)cc1. The van der Waals surface area contributed by atoms with Gasteiger partial charge in [-0.2, -0.15) is 0 Å². The van der Waals surface area contributed by atoms with Crippen molar-refractivity contribution in [2.75, 3.05) is 0 Å². The van der Waals surface area contributed by atoms with Crippen molar-refractivity contribution in [2.45, 2.75) is 38.8 Å². The van der Waals surface area contributed by atoms with Crippen LogP contribution < -0.4 is 5.32 Å². The summed E-state index contributed by atoms with van der Waals surface area (Å²) in [7, 11) is 0. The van der Waals surface area contributed by atoms with E-state index in [1.807, 2.05) is 42.5 Å². The van der Waals surface area contributed by atoms with Crippen molar-refractivity contribution in [3.05, 3.63) is 65.5 Å². The second kappa shape index (κ2) is 6.54. The number of nitrogens with one attached hydrogen (secondary N) is 1. The molecule has 0 aliphatic carbocycles. The van der Waals surface area contributed by atoms with E-state index in [2.05, 4.69) is 17.2 Å². The van der Waals surface area contributed by atoms with E-state index in [0.29, 0.717) is 17.0 Å². The number of carbonyl (C=O) groups excluding carboxylic acids is 2. The smallest absolute Gasteiger partial charge is 0.325 e. The van der Waals surface area contributed by atoms with Crippen molar-refractivity contribution in [3.63, 3.8) is 0 Å². The van der Waals surface area contributed by atoms with Crippen LogP contribution in [0.2, 0.25) is 0 Å². The summed E-state index contributed by atoms with van der Waals surface area (Å²) in [4.78, 5) is 31.0. The van der Waals surface area contributed by atoms with Crippen LogP contribution in [0.4, 0.5) is 4.79 Å². The highest BCUT2D eigenvalue weighted by Gasteiger charge is 2.49. The summed E-state index contributed by atoms with van der Waals surface area (Å²) >= 11 is 0. The molecule has 138 valence electrons. The van der Waals surface area contributed by atoms with Crippen LogP contribution in [0.3, 0.4) is 0 Å². The van der Waals surface area contributed by atoms with Crippen molar-refractivity contribution in [1.82, 2.24) is 15.2 Å².